The van der Waals surface area contributed by atoms with E-state index in [2.05, 4.69) is 56.6 Å². The van der Waals surface area contributed by atoms with Gasteiger partial charge in [-0.25, -0.2) is 0 Å². The molecule has 5 heteroatoms. The molecule has 0 amide bonds. The third kappa shape index (κ3) is 4.49. The maximum atomic E-state index is 5.33. The molecule has 2 heterocycles. The van der Waals surface area contributed by atoms with E-state index in [0.29, 0.717) is 6.04 Å². The molecule has 1 fully saturated rings. The molecular formula is C23H28N4O. The molecule has 1 aromatic heterocycles. The highest BCUT2D eigenvalue weighted by molar-refractivity contribution is 5.74. The van der Waals surface area contributed by atoms with Crippen LogP contribution in [0.2, 0.25) is 0 Å². The van der Waals surface area contributed by atoms with Crippen molar-refractivity contribution in [3.05, 3.63) is 66.0 Å². The summed E-state index contributed by atoms with van der Waals surface area (Å²) in [6.45, 7) is 4.09. The summed E-state index contributed by atoms with van der Waals surface area (Å²) in [5, 5.41) is 3.67. The summed E-state index contributed by atoms with van der Waals surface area (Å²) in [5.74, 6) is 0.909. The van der Waals surface area contributed by atoms with Crippen molar-refractivity contribution in [1.29, 1.82) is 0 Å². The molecule has 1 unspecified atom stereocenters. The van der Waals surface area contributed by atoms with E-state index in [0.717, 1.165) is 29.9 Å². The molecule has 1 aliphatic rings. The first-order chi connectivity index (χ1) is 13.8. The molecule has 0 aliphatic carbocycles. The fourth-order valence-electron chi connectivity index (χ4n) is 3.99. The second kappa shape index (κ2) is 9.13. The van der Waals surface area contributed by atoms with Crippen LogP contribution >= 0.6 is 0 Å². The number of rotatable bonds is 7. The third-order valence-electron chi connectivity index (χ3n) is 5.53. The topological polar surface area (TPSA) is 50.3 Å². The Morgan fingerprint density at radius 2 is 1.71 bits per heavy atom. The number of nitrogens with one attached hydrogen (secondary N) is 1. The Bertz CT molecular complexity index is 891. The number of aromatic nitrogens is 2. The van der Waals surface area contributed by atoms with Crippen molar-refractivity contribution in [1.82, 2.24) is 20.2 Å². The van der Waals surface area contributed by atoms with E-state index in [1.54, 1.807) is 19.5 Å². The summed E-state index contributed by atoms with van der Waals surface area (Å²) in [4.78, 5) is 11.4. The first-order valence-electron chi connectivity index (χ1n) is 10.1. The van der Waals surface area contributed by atoms with E-state index in [-0.39, 0.29) is 0 Å². The normalized spacial score (nSPS) is 16.2. The molecule has 0 saturated carbocycles. The summed E-state index contributed by atoms with van der Waals surface area (Å²) >= 11 is 0. The number of likely N-dealkylation sites (tertiary alicyclic amines) is 1. The fourth-order valence-corrected chi connectivity index (χ4v) is 3.99. The van der Waals surface area contributed by atoms with Gasteiger partial charge in [-0.2, -0.15) is 0 Å². The average Bonchev–Trinajstić information content (AvgIpc) is 2.77. The van der Waals surface area contributed by atoms with Crippen LogP contribution in [0.5, 0.6) is 5.75 Å². The van der Waals surface area contributed by atoms with Crippen LogP contribution in [-0.4, -0.2) is 41.6 Å². The van der Waals surface area contributed by atoms with Gasteiger partial charge in [0.1, 0.15) is 5.75 Å². The largest absolute Gasteiger partial charge is 0.497 e. The molecule has 3 aromatic rings. The fraction of sp³-hybridized carbons (Fsp3) is 0.391. The van der Waals surface area contributed by atoms with Crippen molar-refractivity contribution >= 4 is 11.0 Å². The van der Waals surface area contributed by atoms with Gasteiger partial charge in [0.2, 0.25) is 0 Å². The minimum absolute atomic E-state index is 0.381. The van der Waals surface area contributed by atoms with Crippen LogP contribution in [0.4, 0.5) is 0 Å². The monoisotopic (exact) mass is 376 g/mol. The Morgan fingerprint density at radius 1 is 0.964 bits per heavy atom. The molecule has 1 saturated heterocycles. The third-order valence-corrected chi connectivity index (χ3v) is 5.53. The van der Waals surface area contributed by atoms with Gasteiger partial charge < -0.3 is 10.1 Å². The van der Waals surface area contributed by atoms with Gasteiger partial charge >= 0.3 is 0 Å². The molecule has 1 N–H and O–H groups in total. The minimum atomic E-state index is 0.381. The lowest BCUT2D eigenvalue weighted by atomic mass is 10.0. The lowest BCUT2D eigenvalue weighted by Gasteiger charge is -2.35. The van der Waals surface area contributed by atoms with Crippen LogP contribution in [0, 0.1) is 0 Å². The van der Waals surface area contributed by atoms with E-state index in [1.165, 1.54) is 43.5 Å². The summed E-state index contributed by atoms with van der Waals surface area (Å²) in [7, 11) is 1.71. The number of benzene rings is 2. The molecule has 28 heavy (non-hydrogen) atoms. The number of piperidine rings is 1. The van der Waals surface area contributed by atoms with Gasteiger partial charge in [-0.1, -0.05) is 24.6 Å². The smallest absolute Gasteiger partial charge is 0.118 e. The zero-order valence-electron chi connectivity index (χ0n) is 16.5. The van der Waals surface area contributed by atoms with Crippen LogP contribution in [0.1, 0.15) is 36.4 Å². The Labute approximate surface area is 166 Å². The molecule has 5 nitrogen and oxygen atoms in total. The Balaban J connectivity index is 1.45. The first-order valence-corrected chi connectivity index (χ1v) is 10.1. The summed E-state index contributed by atoms with van der Waals surface area (Å²) in [6.07, 6.45) is 7.40. The van der Waals surface area contributed by atoms with Crippen molar-refractivity contribution in [2.24, 2.45) is 0 Å². The predicted octanol–water partition coefficient (Wildman–Crippen LogP) is 3.96. The quantitative estimate of drug-likeness (QED) is 0.676. The highest BCUT2D eigenvalue weighted by Gasteiger charge is 2.22. The van der Waals surface area contributed by atoms with Gasteiger partial charge in [0, 0.05) is 31.5 Å². The number of nitrogens with zero attached hydrogens (tertiary/aromatic N) is 3. The Kier molecular flexibility index (Phi) is 6.14. The van der Waals surface area contributed by atoms with Crippen LogP contribution < -0.4 is 10.1 Å². The molecular weight excluding hydrogens is 348 g/mol. The maximum absolute atomic E-state index is 5.33. The van der Waals surface area contributed by atoms with Gasteiger partial charge in [-0.15, -0.1) is 0 Å². The predicted molar refractivity (Wildman–Crippen MR) is 112 cm³/mol. The standard InChI is InChI=1S/C23H28N4O/c1-28-20-8-6-19(7-9-20)23(27-13-3-2-4-14-27)17-24-16-18-5-10-21-22(15-18)26-12-11-25-21/h5-12,15,23-24H,2-4,13-14,16-17H2,1H3. The number of methoxy groups -OCH3 is 1. The molecule has 0 radical (unpaired) electrons. The van der Waals surface area contributed by atoms with Crippen LogP contribution in [0.15, 0.2) is 54.9 Å². The molecule has 1 aliphatic heterocycles. The van der Waals surface area contributed by atoms with Crippen molar-refractivity contribution < 1.29 is 4.74 Å². The summed E-state index contributed by atoms with van der Waals surface area (Å²) in [6, 6.07) is 15.2. The zero-order valence-corrected chi connectivity index (χ0v) is 16.5. The first kappa shape index (κ1) is 18.8. The maximum Gasteiger partial charge on any atom is 0.118 e. The molecule has 0 bridgehead atoms. The minimum Gasteiger partial charge on any atom is -0.497 e. The van der Waals surface area contributed by atoms with Gasteiger partial charge in [-0.3, -0.25) is 14.9 Å². The molecule has 146 valence electrons. The van der Waals surface area contributed by atoms with Crippen LogP contribution in [0.25, 0.3) is 11.0 Å². The van der Waals surface area contributed by atoms with E-state index in [1.807, 2.05) is 6.07 Å². The Morgan fingerprint density at radius 3 is 2.46 bits per heavy atom. The van der Waals surface area contributed by atoms with Gasteiger partial charge in [0.15, 0.2) is 0 Å². The number of hydrogen-bond donors (Lipinski definition) is 1. The molecule has 0 spiro atoms. The van der Waals surface area contributed by atoms with Gasteiger partial charge in [-0.05, 0) is 61.3 Å². The average molecular weight is 377 g/mol. The van der Waals surface area contributed by atoms with Crippen molar-refractivity contribution in [2.45, 2.75) is 31.8 Å². The molecule has 1 atom stereocenters. The highest BCUT2D eigenvalue weighted by Crippen LogP contribution is 2.26. The van der Waals surface area contributed by atoms with E-state index >= 15 is 0 Å². The van der Waals surface area contributed by atoms with Gasteiger partial charge in [0.25, 0.3) is 0 Å². The van der Waals surface area contributed by atoms with Crippen molar-refractivity contribution in [2.75, 3.05) is 26.7 Å². The van der Waals surface area contributed by atoms with Crippen LogP contribution in [0.3, 0.4) is 0 Å². The zero-order chi connectivity index (χ0) is 19.2. The Hall–Kier alpha value is -2.50. The SMILES string of the molecule is COc1ccc(C(CNCc2ccc3nccnc3c2)N2CCCCC2)cc1. The number of ether oxygens (including phenoxy) is 1. The highest BCUT2D eigenvalue weighted by atomic mass is 16.5. The summed E-state index contributed by atoms with van der Waals surface area (Å²) < 4.78 is 5.33. The lowest BCUT2D eigenvalue weighted by Crippen LogP contribution is -2.39. The lowest BCUT2D eigenvalue weighted by molar-refractivity contribution is 0.160. The number of hydrogen-bond acceptors (Lipinski definition) is 5. The summed E-state index contributed by atoms with van der Waals surface area (Å²) in [5.41, 5.74) is 4.47. The number of fused-ring (bicyclic) bond motifs is 1. The van der Waals surface area contributed by atoms with E-state index in [4.69, 9.17) is 4.74 Å². The van der Waals surface area contributed by atoms with E-state index in [9.17, 15) is 0 Å². The second-order valence-electron chi connectivity index (χ2n) is 7.40. The van der Waals surface area contributed by atoms with Gasteiger partial charge in [0.05, 0.1) is 18.1 Å². The van der Waals surface area contributed by atoms with Crippen molar-refractivity contribution in [3.63, 3.8) is 0 Å². The second-order valence-corrected chi connectivity index (χ2v) is 7.40. The molecule has 4 rings (SSSR count). The molecule has 2 aromatic carbocycles. The van der Waals surface area contributed by atoms with Crippen LogP contribution in [-0.2, 0) is 6.54 Å². The van der Waals surface area contributed by atoms with E-state index < -0.39 is 0 Å². The van der Waals surface area contributed by atoms with Crippen molar-refractivity contribution in [3.8, 4) is 5.75 Å².